The molecule has 2 fully saturated rings. The maximum Gasteiger partial charge on any atom is 0.407 e. The summed E-state index contributed by atoms with van der Waals surface area (Å²) < 4.78 is 5.07. The quantitative estimate of drug-likeness (QED) is 0.167. The zero-order chi connectivity index (χ0) is 27.3. The van der Waals surface area contributed by atoms with Crippen LogP contribution in [0.2, 0.25) is 0 Å². The fraction of sp³-hybridized carbons (Fsp3) is 0.852. The van der Waals surface area contributed by atoms with E-state index >= 15 is 0 Å². The van der Waals surface area contributed by atoms with Gasteiger partial charge in [-0.1, -0.05) is 51.4 Å². The van der Waals surface area contributed by atoms with Gasteiger partial charge >= 0.3 is 18.2 Å². The largest absolute Gasteiger partial charge is 0.448 e. The highest BCUT2D eigenvalue weighted by Crippen LogP contribution is 2.17. The lowest BCUT2D eigenvalue weighted by atomic mass is 9.96. The molecular weight excluding hydrogens is 488 g/mol. The monoisotopic (exact) mass is 538 g/mol. The molecule has 2 aliphatic rings. The van der Waals surface area contributed by atoms with Gasteiger partial charge in [0.25, 0.3) is 0 Å². The molecule has 0 heterocycles. The van der Waals surface area contributed by atoms with E-state index in [9.17, 15) is 19.2 Å². The van der Waals surface area contributed by atoms with Gasteiger partial charge in [-0.15, -0.1) is 0 Å². The van der Waals surface area contributed by atoms with E-state index in [4.69, 9.17) is 4.74 Å². The second-order valence-electron chi connectivity index (χ2n) is 10.4. The Morgan fingerprint density at radius 2 is 1.05 bits per heavy atom. The number of urea groups is 2. The van der Waals surface area contributed by atoms with Gasteiger partial charge in [0.2, 0.25) is 5.91 Å². The zero-order valence-corrected chi connectivity index (χ0v) is 23.0. The molecule has 0 saturated heterocycles. The summed E-state index contributed by atoms with van der Waals surface area (Å²) in [6.07, 6.45) is 15.5. The summed E-state index contributed by atoms with van der Waals surface area (Å²) in [5.41, 5.74) is 0. The maximum absolute atomic E-state index is 11.9. The number of rotatable bonds is 16. The summed E-state index contributed by atoms with van der Waals surface area (Å²) >= 11 is 0. The van der Waals surface area contributed by atoms with Crippen LogP contribution in [-0.2, 0) is 9.53 Å². The summed E-state index contributed by atoms with van der Waals surface area (Å²) in [6, 6.07) is 0.202. The molecule has 0 aromatic rings. The van der Waals surface area contributed by atoms with Crippen LogP contribution in [0, 0.1) is 0 Å². The molecule has 2 rings (SSSR count). The number of nitrogens with one attached hydrogen (secondary N) is 6. The van der Waals surface area contributed by atoms with Gasteiger partial charge in [-0.25, -0.2) is 14.4 Å². The minimum atomic E-state index is -0.479. The minimum Gasteiger partial charge on any atom is -0.448 e. The smallest absolute Gasteiger partial charge is 0.407 e. The molecule has 0 spiro atoms. The predicted octanol–water partition coefficient (Wildman–Crippen LogP) is 3.43. The third-order valence-electron chi connectivity index (χ3n) is 7.06. The lowest BCUT2D eigenvalue weighted by Gasteiger charge is -2.22. The van der Waals surface area contributed by atoms with Gasteiger partial charge in [-0.3, -0.25) is 4.79 Å². The van der Waals surface area contributed by atoms with Crippen molar-refractivity contribution < 1.29 is 23.9 Å². The molecule has 0 aromatic heterocycles. The van der Waals surface area contributed by atoms with Crippen LogP contribution >= 0.6 is 0 Å². The van der Waals surface area contributed by atoms with Gasteiger partial charge in [0.1, 0.15) is 6.61 Å². The zero-order valence-electron chi connectivity index (χ0n) is 23.0. The first kappa shape index (κ1) is 31.5. The molecular formula is C27H50N6O5. The van der Waals surface area contributed by atoms with E-state index < -0.39 is 6.09 Å². The third-order valence-corrected chi connectivity index (χ3v) is 7.06. The Labute approximate surface area is 227 Å². The van der Waals surface area contributed by atoms with Crippen LogP contribution in [0.3, 0.4) is 0 Å². The van der Waals surface area contributed by atoms with Crippen molar-refractivity contribution >= 4 is 24.1 Å². The van der Waals surface area contributed by atoms with Crippen LogP contribution in [0.15, 0.2) is 0 Å². The van der Waals surface area contributed by atoms with E-state index in [2.05, 4.69) is 31.9 Å². The van der Waals surface area contributed by atoms with Crippen molar-refractivity contribution in [2.24, 2.45) is 0 Å². The fourth-order valence-corrected chi connectivity index (χ4v) is 4.89. The Hall–Kier alpha value is -2.72. The molecule has 11 nitrogen and oxygen atoms in total. The summed E-state index contributed by atoms with van der Waals surface area (Å²) in [4.78, 5) is 47.4. The third kappa shape index (κ3) is 16.2. The number of hydrogen-bond acceptors (Lipinski definition) is 5. The van der Waals surface area contributed by atoms with Gasteiger partial charge in [0, 0.05) is 38.1 Å². The van der Waals surface area contributed by atoms with E-state index in [1.54, 1.807) is 0 Å². The molecule has 0 unspecified atom stereocenters. The van der Waals surface area contributed by atoms with Gasteiger partial charge in [0.15, 0.2) is 0 Å². The molecule has 0 bridgehead atoms. The number of ether oxygens (including phenoxy) is 1. The highest BCUT2D eigenvalue weighted by Gasteiger charge is 2.16. The molecule has 38 heavy (non-hydrogen) atoms. The van der Waals surface area contributed by atoms with Gasteiger partial charge in [0.05, 0.1) is 6.54 Å². The van der Waals surface area contributed by atoms with Crippen LogP contribution < -0.4 is 31.9 Å². The first-order chi connectivity index (χ1) is 18.5. The van der Waals surface area contributed by atoms with Crippen molar-refractivity contribution in [3.8, 4) is 0 Å². The standard InChI is InChI=1S/C27H50N6O5/c34-24(16-11-19-29-25(35)32-22-12-5-3-6-13-22)28-17-9-1-2-10-18-31-27(37)38-21-20-30-26(36)33-23-14-7-4-8-15-23/h22-23H,1-21H2,(H,28,34)(H,31,37)(H2,29,32,35)(H2,30,33,36). The molecule has 11 heteroatoms. The lowest BCUT2D eigenvalue weighted by Crippen LogP contribution is -2.44. The van der Waals surface area contributed by atoms with Gasteiger partial charge in [-0.05, 0) is 44.9 Å². The number of amides is 6. The first-order valence-corrected chi connectivity index (χ1v) is 14.8. The van der Waals surface area contributed by atoms with Gasteiger partial charge < -0.3 is 36.6 Å². The number of hydrogen-bond donors (Lipinski definition) is 6. The number of carbonyl (C=O) groups is 4. The Morgan fingerprint density at radius 3 is 1.63 bits per heavy atom. The van der Waals surface area contributed by atoms with Crippen LogP contribution in [0.5, 0.6) is 0 Å². The second kappa shape index (κ2) is 20.3. The number of carbonyl (C=O) groups excluding carboxylic acids is 4. The van der Waals surface area contributed by atoms with Crippen molar-refractivity contribution in [2.45, 2.75) is 115 Å². The normalized spacial score (nSPS) is 16.2. The molecule has 6 N–H and O–H groups in total. The Kier molecular flexibility index (Phi) is 16.8. The maximum atomic E-state index is 11.9. The minimum absolute atomic E-state index is 0.00450. The van der Waals surface area contributed by atoms with Crippen LogP contribution in [0.1, 0.15) is 103 Å². The van der Waals surface area contributed by atoms with Crippen molar-refractivity contribution in [2.75, 3.05) is 32.8 Å². The molecule has 0 atom stereocenters. The topological polar surface area (TPSA) is 150 Å². The van der Waals surface area contributed by atoms with Crippen LogP contribution in [-0.4, -0.2) is 68.9 Å². The summed E-state index contributed by atoms with van der Waals surface area (Å²) in [7, 11) is 0. The van der Waals surface area contributed by atoms with Crippen LogP contribution in [0.25, 0.3) is 0 Å². The predicted molar refractivity (Wildman–Crippen MR) is 147 cm³/mol. The molecule has 2 aliphatic carbocycles. The molecule has 2 saturated carbocycles. The second-order valence-corrected chi connectivity index (χ2v) is 10.4. The summed E-state index contributed by atoms with van der Waals surface area (Å²) in [6.45, 7) is 2.07. The summed E-state index contributed by atoms with van der Waals surface area (Å²) in [5, 5.41) is 17.1. The Bertz CT molecular complexity index is 637. The van der Waals surface area contributed by atoms with Crippen molar-refractivity contribution in [1.82, 2.24) is 31.9 Å². The lowest BCUT2D eigenvalue weighted by molar-refractivity contribution is -0.121. The van der Waals surface area contributed by atoms with E-state index in [1.807, 2.05) is 0 Å². The fourth-order valence-electron chi connectivity index (χ4n) is 4.89. The SMILES string of the molecule is O=C(CCCNC(=O)NC1CCCCC1)NCCCCCCNC(=O)OCCNC(=O)NC1CCCCC1. The van der Waals surface area contributed by atoms with Crippen molar-refractivity contribution in [1.29, 1.82) is 0 Å². The highest BCUT2D eigenvalue weighted by atomic mass is 16.5. The first-order valence-electron chi connectivity index (χ1n) is 14.8. The van der Waals surface area contributed by atoms with E-state index in [0.29, 0.717) is 32.5 Å². The van der Waals surface area contributed by atoms with E-state index in [-0.39, 0.29) is 43.2 Å². The molecule has 0 aliphatic heterocycles. The number of alkyl carbamates (subject to hydrolysis) is 1. The Morgan fingerprint density at radius 1 is 0.553 bits per heavy atom. The van der Waals surface area contributed by atoms with Gasteiger partial charge in [-0.2, -0.15) is 0 Å². The van der Waals surface area contributed by atoms with E-state index in [1.165, 1.54) is 25.7 Å². The molecule has 6 amide bonds. The molecule has 218 valence electrons. The summed E-state index contributed by atoms with van der Waals surface area (Å²) in [5.74, 6) is 0.00450. The average molecular weight is 539 g/mol. The van der Waals surface area contributed by atoms with Crippen molar-refractivity contribution in [3.63, 3.8) is 0 Å². The Balaban J connectivity index is 1.30. The molecule has 0 radical (unpaired) electrons. The average Bonchev–Trinajstić information content (AvgIpc) is 2.92. The number of unbranched alkanes of at least 4 members (excludes halogenated alkanes) is 3. The van der Waals surface area contributed by atoms with Crippen LogP contribution in [0.4, 0.5) is 14.4 Å². The highest BCUT2D eigenvalue weighted by molar-refractivity contribution is 5.76. The van der Waals surface area contributed by atoms with Crippen molar-refractivity contribution in [3.05, 3.63) is 0 Å². The molecule has 0 aromatic carbocycles. The van der Waals surface area contributed by atoms with E-state index in [0.717, 1.165) is 64.2 Å².